The molecule has 31 heavy (non-hydrogen) atoms. The Morgan fingerprint density at radius 2 is 1.77 bits per heavy atom. The van der Waals surface area contributed by atoms with E-state index in [9.17, 15) is 4.79 Å². The van der Waals surface area contributed by atoms with Crippen molar-refractivity contribution in [3.05, 3.63) is 106 Å². The number of hydrogen-bond acceptors (Lipinski definition) is 4. The molecule has 4 aromatic rings. The second-order valence-electron chi connectivity index (χ2n) is 7.14. The van der Waals surface area contributed by atoms with Gasteiger partial charge in [0.05, 0.1) is 17.1 Å². The number of amides is 1. The lowest BCUT2D eigenvalue weighted by molar-refractivity contribution is -0.105. The molecule has 2 heterocycles. The molecule has 152 valence electrons. The lowest BCUT2D eigenvalue weighted by Gasteiger charge is -2.17. The molecular formula is C24H18ClN5O. The molecule has 1 N–H and O–H groups in total. The summed E-state index contributed by atoms with van der Waals surface area (Å²) in [6, 6.07) is 23.4. The Morgan fingerprint density at radius 3 is 2.58 bits per heavy atom. The van der Waals surface area contributed by atoms with Crippen molar-refractivity contribution >= 4 is 29.4 Å². The van der Waals surface area contributed by atoms with Crippen LogP contribution in [0.1, 0.15) is 28.3 Å². The smallest absolute Gasteiger partial charge is 0.211 e. The van der Waals surface area contributed by atoms with Crippen LogP contribution in [-0.4, -0.2) is 26.9 Å². The van der Waals surface area contributed by atoms with E-state index in [0.717, 1.165) is 34.0 Å². The number of carbonyl (C=O) groups excluding carboxylic acids is 1. The van der Waals surface area contributed by atoms with Crippen LogP contribution >= 0.6 is 11.6 Å². The van der Waals surface area contributed by atoms with Crippen molar-refractivity contribution in [1.82, 2.24) is 14.8 Å². The number of aliphatic imine (C=N–C) groups is 1. The van der Waals surface area contributed by atoms with Crippen molar-refractivity contribution in [3.8, 4) is 5.69 Å². The van der Waals surface area contributed by atoms with Gasteiger partial charge in [-0.2, -0.15) is 0 Å². The highest BCUT2D eigenvalue weighted by Crippen LogP contribution is 2.33. The highest BCUT2D eigenvalue weighted by atomic mass is 35.5. The Balaban J connectivity index is 1.73. The quantitative estimate of drug-likeness (QED) is 0.479. The minimum absolute atomic E-state index is 0.345. The molecule has 1 aliphatic rings. The summed E-state index contributed by atoms with van der Waals surface area (Å²) in [5.41, 5.74) is 4.94. The molecule has 0 saturated carbocycles. The third kappa shape index (κ3) is 3.51. The lowest BCUT2D eigenvalue weighted by atomic mass is 9.98. The molecule has 0 spiro atoms. The van der Waals surface area contributed by atoms with Crippen LogP contribution in [0.5, 0.6) is 0 Å². The number of benzene rings is 3. The van der Waals surface area contributed by atoms with E-state index in [1.54, 1.807) is 0 Å². The van der Waals surface area contributed by atoms with Crippen LogP contribution in [0.25, 0.3) is 5.69 Å². The first-order chi connectivity index (χ1) is 15.3. The maximum atomic E-state index is 11.4. The maximum Gasteiger partial charge on any atom is 0.211 e. The van der Waals surface area contributed by atoms with Crippen molar-refractivity contribution in [3.63, 3.8) is 0 Å². The van der Waals surface area contributed by atoms with Crippen molar-refractivity contribution in [2.24, 2.45) is 4.99 Å². The molecule has 5 rings (SSSR count). The summed E-state index contributed by atoms with van der Waals surface area (Å²) in [5.74, 6) is 1.54. The summed E-state index contributed by atoms with van der Waals surface area (Å²) in [7, 11) is 0. The largest absolute Gasteiger partial charge is 0.328 e. The number of nitrogens with zero attached hydrogens (tertiary/aromatic N) is 4. The molecule has 1 aromatic heterocycles. The van der Waals surface area contributed by atoms with Gasteiger partial charge in [-0.3, -0.25) is 14.4 Å². The topological polar surface area (TPSA) is 72.2 Å². The predicted molar refractivity (Wildman–Crippen MR) is 121 cm³/mol. The number of carbonyl (C=O) groups is 1. The first-order valence-corrected chi connectivity index (χ1v) is 10.2. The average molecular weight is 428 g/mol. The van der Waals surface area contributed by atoms with Gasteiger partial charge in [0, 0.05) is 22.6 Å². The van der Waals surface area contributed by atoms with Gasteiger partial charge in [-0.15, -0.1) is 10.2 Å². The zero-order valence-electron chi connectivity index (χ0n) is 16.5. The van der Waals surface area contributed by atoms with Crippen LogP contribution in [0.2, 0.25) is 5.02 Å². The number of nitrogens with one attached hydrogen (secondary N) is 1. The third-order valence-corrected chi connectivity index (χ3v) is 5.57. The fourth-order valence-corrected chi connectivity index (χ4v) is 4.11. The zero-order valence-corrected chi connectivity index (χ0v) is 17.3. The van der Waals surface area contributed by atoms with Gasteiger partial charge < -0.3 is 5.32 Å². The fraction of sp³-hybridized carbons (Fsp3) is 0.0833. The van der Waals surface area contributed by atoms with E-state index in [4.69, 9.17) is 16.6 Å². The molecular weight excluding hydrogens is 410 g/mol. The van der Waals surface area contributed by atoms with E-state index in [1.807, 2.05) is 65.2 Å². The summed E-state index contributed by atoms with van der Waals surface area (Å²) in [6.07, 6.45) is 1.29. The summed E-state index contributed by atoms with van der Waals surface area (Å²) in [6.45, 7) is 0.345. The van der Waals surface area contributed by atoms with Crippen LogP contribution in [0, 0.1) is 0 Å². The van der Waals surface area contributed by atoms with Gasteiger partial charge in [-0.1, -0.05) is 66.2 Å². The number of fused-ring (bicyclic) bond motifs is 3. The van der Waals surface area contributed by atoms with E-state index in [2.05, 4.69) is 27.6 Å². The average Bonchev–Trinajstić information content (AvgIpc) is 3.10. The number of anilines is 1. The van der Waals surface area contributed by atoms with Crippen LogP contribution in [-0.2, 0) is 17.8 Å². The van der Waals surface area contributed by atoms with E-state index < -0.39 is 0 Å². The van der Waals surface area contributed by atoms with E-state index in [1.165, 1.54) is 0 Å². The number of hydrogen-bond donors (Lipinski definition) is 1. The number of halogens is 1. The SMILES string of the molecule is O=CNc1cccc2c1C(c1ccccc1Cl)=NCc1nnc(Cc3ccccc3)n1-2. The van der Waals surface area contributed by atoms with Crippen LogP contribution < -0.4 is 5.32 Å². The molecule has 7 heteroatoms. The number of rotatable bonds is 5. The van der Waals surface area contributed by atoms with Crippen molar-refractivity contribution in [2.45, 2.75) is 13.0 Å². The summed E-state index contributed by atoms with van der Waals surface area (Å²) >= 11 is 6.53. The van der Waals surface area contributed by atoms with E-state index >= 15 is 0 Å². The molecule has 3 aromatic carbocycles. The maximum absolute atomic E-state index is 11.4. The highest BCUT2D eigenvalue weighted by molar-refractivity contribution is 6.36. The Bertz CT molecular complexity index is 1300. The molecule has 0 atom stereocenters. The molecule has 0 radical (unpaired) electrons. The fourth-order valence-electron chi connectivity index (χ4n) is 3.89. The molecule has 0 saturated heterocycles. The summed E-state index contributed by atoms with van der Waals surface area (Å²) in [5, 5.41) is 12.3. The Kier molecular flexibility index (Phi) is 5.06. The summed E-state index contributed by atoms with van der Waals surface area (Å²) < 4.78 is 2.03. The molecule has 0 bridgehead atoms. The van der Waals surface area contributed by atoms with Crippen LogP contribution in [0.3, 0.4) is 0 Å². The van der Waals surface area contributed by atoms with Gasteiger partial charge in [0.25, 0.3) is 0 Å². The second kappa shape index (κ2) is 8.16. The molecule has 0 aliphatic carbocycles. The van der Waals surface area contributed by atoms with Gasteiger partial charge in [-0.05, 0) is 23.8 Å². The van der Waals surface area contributed by atoms with E-state index in [-0.39, 0.29) is 0 Å². The Labute approximate surface area is 184 Å². The Morgan fingerprint density at radius 1 is 0.968 bits per heavy atom. The van der Waals surface area contributed by atoms with Crippen molar-refractivity contribution in [1.29, 1.82) is 0 Å². The monoisotopic (exact) mass is 427 g/mol. The van der Waals surface area contributed by atoms with Gasteiger partial charge in [0.2, 0.25) is 6.41 Å². The first kappa shape index (κ1) is 19.2. The third-order valence-electron chi connectivity index (χ3n) is 5.24. The molecule has 0 fully saturated rings. The van der Waals surface area contributed by atoms with Gasteiger partial charge in [0.1, 0.15) is 12.4 Å². The standard InChI is InChI=1S/C24H18ClN5O/c25-18-10-5-4-9-17(18)24-23-19(27-15-31)11-6-12-20(23)30-21(28-29-22(30)14-26-24)13-16-7-2-1-3-8-16/h1-12,15H,13-14H2,(H,27,31). The van der Waals surface area contributed by atoms with Crippen LogP contribution in [0.15, 0.2) is 77.8 Å². The second-order valence-corrected chi connectivity index (χ2v) is 7.54. The van der Waals surface area contributed by atoms with Crippen LogP contribution in [0.4, 0.5) is 5.69 Å². The molecule has 0 unspecified atom stereocenters. The minimum atomic E-state index is 0.345. The lowest BCUT2D eigenvalue weighted by Crippen LogP contribution is -2.13. The predicted octanol–water partition coefficient (Wildman–Crippen LogP) is 4.43. The van der Waals surface area contributed by atoms with E-state index in [0.29, 0.717) is 35.8 Å². The Hall–Kier alpha value is -3.77. The number of aromatic nitrogens is 3. The van der Waals surface area contributed by atoms with Gasteiger partial charge in [0.15, 0.2) is 5.82 Å². The first-order valence-electron chi connectivity index (χ1n) is 9.86. The minimum Gasteiger partial charge on any atom is -0.328 e. The molecule has 1 aliphatic heterocycles. The summed E-state index contributed by atoms with van der Waals surface area (Å²) in [4.78, 5) is 16.2. The molecule has 6 nitrogen and oxygen atoms in total. The van der Waals surface area contributed by atoms with Gasteiger partial charge in [-0.25, -0.2) is 0 Å². The van der Waals surface area contributed by atoms with Crippen molar-refractivity contribution < 1.29 is 4.79 Å². The normalized spacial score (nSPS) is 12.4. The zero-order chi connectivity index (χ0) is 21.2. The van der Waals surface area contributed by atoms with Gasteiger partial charge >= 0.3 is 0 Å². The highest BCUT2D eigenvalue weighted by Gasteiger charge is 2.26. The van der Waals surface area contributed by atoms with Crippen molar-refractivity contribution in [2.75, 3.05) is 5.32 Å². The molecule has 1 amide bonds.